The molecule has 0 saturated carbocycles. The number of nitrogens with one attached hydrogen (secondary N) is 1. The maximum absolute atomic E-state index is 12.8. The number of benzene rings is 3. The first-order chi connectivity index (χ1) is 14.3. The molecule has 30 heavy (non-hydrogen) atoms. The summed E-state index contributed by atoms with van der Waals surface area (Å²) in [5.74, 6) is -0.260. The van der Waals surface area contributed by atoms with Gasteiger partial charge in [-0.2, -0.15) is 0 Å². The lowest BCUT2D eigenvalue weighted by atomic mass is 10.1. The standard InChI is InChI=1S/C22H17BrCl2N2O3/c1-27(17-8-3-2-4-9-17)22(29)14-6-5-7-16(10-14)26-20(28)13-30-21-18(23)11-15(24)12-19(21)25/h2-12H,13H2,1H3,(H,26,28). The highest BCUT2D eigenvalue weighted by Crippen LogP contribution is 2.36. The van der Waals surface area contributed by atoms with Crippen molar-refractivity contribution in [2.45, 2.75) is 0 Å². The fraction of sp³-hybridized carbons (Fsp3) is 0.0909. The van der Waals surface area contributed by atoms with Gasteiger partial charge >= 0.3 is 0 Å². The Morgan fingerprint density at radius 2 is 1.77 bits per heavy atom. The van der Waals surface area contributed by atoms with Crippen LogP contribution in [0.25, 0.3) is 0 Å². The van der Waals surface area contributed by atoms with Crippen molar-refractivity contribution in [3.63, 3.8) is 0 Å². The van der Waals surface area contributed by atoms with Crippen molar-refractivity contribution in [3.8, 4) is 5.75 Å². The fourth-order valence-corrected chi connectivity index (χ4v) is 4.06. The number of carbonyl (C=O) groups excluding carboxylic acids is 2. The van der Waals surface area contributed by atoms with Crippen LogP contribution < -0.4 is 15.0 Å². The van der Waals surface area contributed by atoms with Crippen molar-refractivity contribution in [1.82, 2.24) is 0 Å². The number of rotatable bonds is 6. The van der Waals surface area contributed by atoms with Crippen molar-refractivity contribution < 1.29 is 14.3 Å². The highest BCUT2D eigenvalue weighted by Gasteiger charge is 2.15. The average molecular weight is 508 g/mol. The molecule has 154 valence electrons. The lowest BCUT2D eigenvalue weighted by Gasteiger charge is -2.18. The quantitative estimate of drug-likeness (QED) is 0.441. The van der Waals surface area contributed by atoms with E-state index in [2.05, 4.69) is 21.2 Å². The van der Waals surface area contributed by atoms with E-state index in [0.717, 1.165) is 5.69 Å². The molecule has 0 bridgehead atoms. The molecule has 3 aromatic carbocycles. The van der Waals surface area contributed by atoms with Crippen molar-refractivity contribution in [2.75, 3.05) is 23.9 Å². The van der Waals surface area contributed by atoms with Crippen molar-refractivity contribution in [1.29, 1.82) is 0 Å². The third kappa shape index (κ3) is 5.53. The van der Waals surface area contributed by atoms with Gasteiger partial charge in [0.15, 0.2) is 12.4 Å². The first kappa shape index (κ1) is 22.2. The predicted molar refractivity (Wildman–Crippen MR) is 124 cm³/mol. The summed E-state index contributed by atoms with van der Waals surface area (Å²) in [7, 11) is 1.70. The first-order valence-electron chi connectivity index (χ1n) is 8.85. The van der Waals surface area contributed by atoms with Gasteiger partial charge in [-0.15, -0.1) is 0 Å². The molecule has 0 saturated heterocycles. The Bertz CT molecular complexity index is 1050. The second-order valence-corrected chi connectivity index (χ2v) is 8.01. The fourth-order valence-electron chi connectivity index (χ4n) is 2.69. The van der Waals surface area contributed by atoms with Crippen molar-refractivity contribution in [3.05, 3.63) is 86.8 Å². The normalized spacial score (nSPS) is 10.4. The summed E-state index contributed by atoms with van der Waals surface area (Å²) >= 11 is 15.3. The largest absolute Gasteiger partial charge is 0.481 e. The molecule has 1 N–H and O–H groups in total. The minimum atomic E-state index is -0.395. The van der Waals surface area contributed by atoms with Gasteiger partial charge in [0, 0.05) is 29.0 Å². The third-order valence-corrected chi connectivity index (χ3v) is 5.24. The van der Waals surface area contributed by atoms with Crippen LogP contribution in [0.15, 0.2) is 71.2 Å². The smallest absolute Gasteiger partial charge is 0.262 e. The number of para-hydroxylation sites is 1. The SMILES string of the molecule is CN(C(=O)c1cccc(NC(=O)COc2c(Cl)cc(Cl)cc2Br)c1)c1ccccc1. The van der Waals surface area contributed by atoms with Crippen molar-refractivity contribution >= 4 is 62.3 Å². The van der Waals surface area contributed by atoms with E-state index in [1.165, 1.54) is 6.07 Å². The highest BCUT2D eigenvalue weighted by atomic mass is 79.9. The summed E-state index contributed by atoms with van der Waals surface area (Å²) in [5, 5.41) is 3.46. The molecule has 0 aliphatic carbocycles. The number of hydrogen-bond donors (Lipinski definition) is 1. The Labute approximate surface area is 192 Å². The van der Waals surface area contributed by atoms with Gasteiger partial charge in [0.25, 0.3) is 11.8 Å². The van der Waals surface area contributed by atoms with Crippen LogP contribution in [-0.4, -0.2) is 25.5 Å². The Hall–Kier alpha value is -2.54. The van der Waals surface area contributed by atoms with Gasteiger partial charge in [-0.3, -0.25) is 9.59 Å². The molecule has 0 aliphatic rings. The third-order valence-electron chi connectivity index (χ3n) is 4.15. The van der Waals surface area contributed by atoms with Crippen LogP contribution in [-0.2, 0) is 4.79 Å². The van der Waals surface area contributed by atoms with Gasteiger partial charge < -0.3 is 15.0 Å². The molecule has 0 radical (unpaired) electrons. The zero-order chi connectivity index (χ0) is 21.7. The molecule has 0 unspecified atom stereocenters. The number of hydrogen-bond acceptors (Lipinski definition) is 3. The summed E-state index contributed by atoms with van der Waals surface area (Å²) in [6.07, 6.45) is 0. The summed E-state index contributed by atoms with van der Waals surface area (Å²) in [6, 6.07) is 19.2. The molecule has 0 heterocycles. The monoisotopic (exact) mass is 506 g/mol. The van der Waals surface area contributed by atoms with Gasteiger partial charge in [-0.25, -0.2) is 0 Å². The lowest BCUT2D eigenvalue weighted by Crippen LogP contribution is -2.26. The lowest BCUT2D eigenvalue weighted by molar-refractivity contribution is -0.118. The topological polar surface area (TPSA) is 58.6 Å². The predicted octanol–water partition coefficient (Wildman–Crippen LogP) is 6.05. The molecular weight excluding hydrogens is 491 g/mol. The number of halogens is 3. The van der Waals surface area contributed by atoms with Crippen LogP contribution in [0.4, 0.5) is 11.4 Å². The minimum absolute atomic E-state index is 0.189. The van der Waals surface area contributed by atoms with E-state index in [4.69, 9.17) is 27.9 Å². The van der Waals surface area contributed by atoms with E-state index in [1.54, 1.807) is 42.3 Å². The van der Waals surface area contributed by atoms with Crippen molar-refractivity contribution in [2.24, 2.45) is 0 Å². The molecule has 0 atom stereocenters. The average Bonchev–Trinajstić information content (AvgIpc) is 2.72. The molecule has 3 aromatic rings. The van der Waals surface area contributed by atoms with Crippen LogP contribution in [0.3, 0.4) is 0 Å². The minimum Gasteiger partial charge on any atom is -0.481 e. The summed E-state index contributed by atoms with van der Waals surface area (Å²) in [6.45, 7) is -0.262. The Kier molecular flexibility index (Phi) is 7.37. The second kappa shape index (κ2) is 9.98. The molecule has 0 fully saturated rings. The molecule has 0 aliphatic heterocycles. The second-order valence-electron chi connectivity index (χ2n) is 6.32. The van der Waals surface area contributed by atoms with Crippen LogP contribution in [0.2, 0.25) is 10.0 Å². The van der Waals surface area contributed by atoms with Crippen LogP contribution in [0.5, 0.6) is 5.75 Å². The van der Waals surface area contributed by atoms with Gasteiger partial charge in [-0.1, -0.05) is 47.5 Å². The molecule has 2 amide bonds. The van der Waals surface area contributed by atoms with Gasteiger partial charge in [0.1, 0.15) is 0 Å². The number of nitrogens with zero attached hydrogens (tertiary/aromatic N) is 1. The van der Waals surface area contributed by atoms with Crippen LogP contribution in [0, 0.1) is 0 Å². The Balaban J connectivity index is 1.65. The maximum atomic E-state index is 12.8. The Morgan fingerprint density at radius 1 is 1.03 bits per heavy atom. The molecule has 8 heteroatoms. The number of amides is 2. The summed E-state index contributed by atoms with van der Waals surface area (Å²) in [4.78, 5) is 26.6. The van der Waals surface area contributed by atoms with Crippen LogP contribution >= 0.6 is 39.1 Å². The van der Waals surface area contributed by atoms with E-state index in [-0.39, 0.29) is 12.5 Å². The van der Waals surface area contributed by atoms with Crippen LogP contribution in [0.1, 0.15) is 10.4 Å². The van der Waals surface area contributed by atoms with Gasteiger partial charge in [0.2, 0.25) is 0 Å². The zero-order valence-corrected chi connectivity index (χ0v) is 19.0. The van der Waals surface area contributed by atoms with E-state index in [0.29, 0.717) is 31.5 Å². The maximum Gasteiger partial charge on any atom is 0.262 e. The molecule has 5 nitrogen and oxygen atoms in total. The number of carbonyl (C=O) groups is 2. The molecule has 0 spiro atoms. The summed E-state index contributed by atoms with van der Waals surface area (Å²) in [5.41, 5.74) is 1.71. The van der Waals surface area contributed by atoms with Gasteiger partial charge in [0.05, 0.1) is 9.50 Å². The molecular formula is C22H17BrCl2N2O3. The zero-order valence-electron chi connectivity index (χ0n) is 15.9. The van der Waals surface area contributed by atoms with E-state index >= 15 is 0 Å². The first-order valence-corrected chi connectivity index (χ1v) is 10.4. The number of ether oxygens (including phenoxy) is 1. The van der Waals surface area contributed by atoms with E-state index < -0.39 is 5.91 Å². The number of anilines is 2. The van der Waals surface area contributed by atoms with Gasteiger partial charge in [-0.05, 0) is 58.4 Å². The summed E-state index contributed by atoms with van der Waals surface area (Å²) < 4.78 is 6.05. The van der Waals surface area contributed by atoms with E-state index in [9.17, 15) is 9.59 Å². The molecule has 0 aromatic heterocycles. The van der Waals surface area contributed by atoms with E-state index in [1.807, 2.05) is 30.3 Å². The highest BCUT2D eigenvalue weighted by molar-refractivity contribution is 9.10. The molecule has 3 rings (SSSR count). The Morgan fingerprint density at radius 3 is 2.47 bits per heavy atom.